The Hall–Kier alpha value is -0.670. The molecule has 1 aliphatic rings. The summed E-state index contributed by atoms with van der Waals surface area (Å²) in [6.07, 6.45) is 0.840. The highest BCUT2D eigenvalue weighted by Crippen LogP contribution is 2.30. The first-order chi connectivity index (χ1) is 5.66. The van der Waals surface area contributed by atoms with Gasteiger partial charge in [0.2, 0.25) is 0 Å². The zero-order valence-corrected chi connectivity index (χ0v) is 8.08. The van der Waals surface area contributed by atoms with Crippen molar-refractivity contribution in [3.63, 3.8) is 0 Å². The van der Waals surface area contributed by atoms with E-state index in [-0.39, 0.29) is 6.03 Å². The normalized spacial score (nSPS) is 19.8. The van der Waals surface area contributed by atoms with E-state index in [4.69, 9.17) is 0 Å². The number of amides is 2. The maximum atomic E-state index is 11.3. The first kappa shape index (κ1) is 9.42. The summed E-state index contributed by atoms with van der Waals surface area (Å²) in [5.74, 6) is 0. The van der Waals surface area contributed by atoms with Gasteiger partial charge in [0.05, 0.1) is 13.7 Å². The third-order valence-electron chi connectivity index (χ3n) is 1.76. The summed E-state index contributed by atoms with van der Waals surface area (Å²) in [6.45, 7) is 1.24. The summed E-state index contributed by atoms with van der Waals surface area (Å²) >= 11 is 0. The van der Waals surface area contributed by atoms with Crippen LogP contribution in [0, 0.1) is 0 Å². The highest BCUT2D eigenvalue weighted by atomic mass is 31.1. The maximum Gasteiger partial charge on any atom is 0.649 e. The lowest BCUT2D eigenvalue weighted by Crippen LogP contribution is -2.43. The monoisotopic (exact) mass is 191 g/mol. The number of hydrogen-bond acceptors (Lipinski definition) is 3. The van der Waals surface area contributed by atoms with Crippen LogP contribution in [0.1, 0.15) is 6.42 Å². The van der Waals surface area contributed by atoms with Crippen LogP contribution < -0.4 is 0 Å². The predicted molar refractivity (Wildman–Crippen MR) is 44.0 cm³/mol. The maximum absolute atomic E-state index is 11.3. The molecular formula is C6H12N2O3P+. The van der Waals surface area contributed by atoms with Crippen molar-refractivity contribution in [3.05, 3.63) is 0 Å². The highest BCUT2D eigenvalue weighted by Gasteiger charge is 2.38. The topological polar surface area (TPSA) is 49.9 Å². The average molecular weight is 191 g/mol. The van der Waals surface area contributed by atoms with Gasteiger partial charge in [-0.2, -0.15) is 0 Å². The van der Waals surface area contributed by atoms with Crippen molar-refractivity contribution in [2.45, 2.75) is 6.42 Å². The van der Waals surface area contributed by atoms with E-state index < -0.39 is 8.18 Å². The Morgan fingerprint density at radius 2 is 2.17 bits per heavy atom. The Labute approximate surface area is 72.2 Å². The molecule has 0 aromatic carbocycles. The van der Waals surface area contributed by atoms with Crippen LogP contribution in [-0.4, -0.2) is 42.8 Å². The second-order valence-electron chi connectivity index (χ2n) is 2.60. The van der Waals surface area contributed by atoms with Gasteiger partial charge < -0.3 is 4.90 Å². The molecule has 1 fully saturated rings. The minimum atomic E-state index is -1.97. The Bertz CT molecular complexity index is 209. The molecule has 1 atom stereocenters. The molecule has 0 radical (unpaired) electrons. The van der Waals surface area contributed by atoms with E-state index in [1.807, 2.05) is 0 Å². The van der Waals surface area contributed by atoms with E-state index >= 15 is 0 Å². The second-order valence-corrected chi connectivity index (χ2v) is 3.92. The number of carbonyl (C=O) groups excluding carboxylic acids is 1. The van der Waals surface area contributed by atoms with Gasteiger partial charge in [-0.3, -0.25) is 0 Å². The molecule has 5 nitrogen and oxygen atoms in total. The molecule has 0 saturated carbocycles. The quantitative estimate of drug-likeness (QED) is 0.613. The van der Waals surface area contributed by atoms with Gasteiger partial charge in [0.15, 0.2) is 0 Å². The predicted octanol–water partition coefficient (Wildman–Crippen LogP) is 1.05. The Balaban J connectivity index is 2.64. The average Bonchev–Trinajstić information content (AvgIpc) is 2.08. The summed E-state index contributed by atoms with van der Waals surface area (Å²) in [4.78, 5) is 12.9. The Kier molecular flexibility index (Phi) is 3.00. The molecule has 0 aromatic rings. The summed E-state index contributed by atoms with van der Waals surface area (Å²) in [6, 6.07) is -0.218. The van der Waals surface area contributed by atoms with E-state index in [0.717, 1.165) is 13.0 Å². The van der Waals surface area contributed by atoms with Gasteiger partial charge in [-0.05, 0) is 11.0 Å². The first-order valence-electron chi connectivity index (χ1n) is 3.70. The third-order valence-corrected chi connectivity index (χ3v) is 2.84. The summed E-state index contributed by atoms with van der Waals surface area (Å²) in [5.41, 5.74) is 0. The molecule has 12 heavy (non-hydrogen) atoms. The molecule has 1 heterocycles. The van der Waals surface area contributed by atoms with E-state index in [1.165, 1.54) is 16.7 Å². The lowest BCUT2D eigenvalue weighted by Gasteiger charge is -2.24. The van der Waals surface area contributed by atoms with Crippen LogP contribution in [0.25, 0.3) is 0 Å². The fraction of sp³-hybridized carbons (Fsp3) is 0.833. The molecule has 1 aliphatic heterocycles. The van der Waals surface area contributed by atoms with E-state index in [1.54, 1.807) is 7.05 Å². The summed E-state index contributed by atoms with van der Waals surface area (Å²) in [5, 5.41) is 0. The van der Waals surface area contributed by atoms with Crippen molar-refractivity contribution >= 4 is 14.2 Å². The molecule has 1 rings (SSSR count). The van der Waals surface area contributed by atoms with Gasteiger partial charge in [0.25, 0.3) is 0 Å². The minimum Gasteiger partial charge on any atom is -0.325 e. The van der Waals surface area contributed by atoms with Gasteiger partial charge in [-0.15, -0.1) is 4.52 Å². The van der Waals surface area contributed by atoms with Crippen LogP contribution in [0.4, 0.5) is 4.79 Å². The molecule has 0 aliphatic carbocycles. The molecular weight excluding hydrogens is 179 g/mol. The minimum absolute atomic E-state index is 0.218. The van der Waals surface area contributed by atoms with Crippen molar-refractivity contribution in [3.8, 4) is 0 Å². The van der Waals surface area contributed by atoms with Gasteiger partial charge in [-0.1, -0.05) is 4.67 Å². The number of nitrogens with zero attached hydrogens (tertiary/aromatic N) is 2. The largest absolute Gasteiger partial charge is 0.649 e. The lowest BCUT2D eigenvalue weighted by molar-refractivity contribution is 0.167. The number of rotatable bonds is 2. The first-order valence-corrected chi connectivity index (χ1v) is 4.83. The van der Waals surface area contributed by atoms with Crippen molar-refractivity contribution in [1.29, 1.82) is 0 Å². The molecule has 0 aromatic heterocycles. The van der Waals surface area contributed by atoms with Gasteiger partial charge in [0, 0.05) is 13.6 Å². The molecule has 1 saturated heterocycles. The van der Waals surface area contributed by atoms with Crippen molar-refractivity contribution in [2.24, 2.45) is 0 Å². The summed E-state index contributed by atoms with van der Waals surface area (Å²) in [7, 11) is 1.05. The fourth-order valence-corrected chi connectivity index (χ4v) is 1.89. The summed E-state index contributed by atoms with van der Waals surface area (Å²) < 4.78 is 17.0. The third kappa shape index (κ3) is 1.73. The molecule has 0 bridgehead atoms. The molecule has 68 valence electrons. The van der Waals surface area contributed by atoms with E-state index in [9.17, 15) is 9.36 Å². The smallest absolute Gasteiger partial charge is 0.325 e. The van der Waals surface area contributed by atoms with Crippen LogP contribution in [-0.2, 0) is 9.09 Å². The second kappa shape index (κ2) is 3.83. The highest BCUT2D eigenvalue weighted by molar-refractivity contribution is 7.37. The van der Waals surface area contributed by atoms with E-state index in [2.05, 4.69) is 4.52 Å². The van der Waals surface area contributed by atoms with Crippen LogP contribution in [0.15, 0.2) is 0 Å². The van der Waals surface area contributed by atoms with Crippen LogP contribution >= 0.6 is 8.18 Å². The van der Waals surface area contributed by atoms with Gasteiger partial charge >= 0.3 is 14.2 Å². The van der Waals surface area contributed by atoms with Gasteiger partial charge in [0.1, 0.15) is 0 Å². The lowest BCUT2D eigenvalue weighted by atomic mass is 10.3. The SMILES string of the molecule is CO[P+](=O)N1CCCN(C)C1=O. The van der Waals surface area contributed by atoms with Crippen LogP contribution in [0.5, 0.6) is 0 Å². The molecule has 6 heteroatoms. The van der Waals surface area contributed by atoms with Gasteiger partial charge in [-0.25, -0.2) is 4.79 Å². The fourth-order valence-electron chi connectivity index (χ4n) is 1.10. The van der Waals surface area contributed by atoms with Crippen LogP contribution in [0.3, 0.4) is 0 Å². The molecule has 0 N–H and O–H groups in total. The molecule has 2 amide bonds. The van der Waals surface area contributed by atoms with Crippen LogP contribution in [0.2, 0.25) is 0 Å². The van der Waals surface area contributed by atoms with Crippen molar-refractivity contribution in [2.75, 3.05) is 27.2 Å². The van der Waals surface area contributed by atoms with Crippen molar-refractivity contribution < 1.29 is 13.9 Å². The standard InChI is InChI=1S/C6H12N2O3P/c1-7-4-3-5-8(6(7)9)12(10)11-2/h3-5H2,1-2H3/q+1. The molecule has 1 unspecified atom stereocenters. The zero-order chi connectivity index (χ0) is 9.14. The number of hydrogen-bond donors (Lipinski definition) is 0. The Morgan fingerprint density at radius 3 is 2.75 bits per heavy atom. The number of carbonyl (C=O) groups is 1. The van der Waals surface area contributed by atoms with Crippen molar-refractivity contribution in [1.82, 2.24) is 9.57 Å². The molecule has 0 spiro atoms. The Morgan fingerprint density at radius 1 is 1.50 bits per heavy atom. The van der Waals surface area contributed by atoms with E-state index in [0.29, 0.717) is 6.54 Å². The zero-order valence-electron chi connectivity index (χ0n) is 7.19. The number of urea groups is 1.